The molecule has 0 aliphatic heterocycles. The Morgan fingerprint density at radius 3 is 2.62 bits per heavy atom. The predicted molar refractivity (Wildman–Crippen MR) is 79.6 cm³/mol. The van der Waals surface area contributed by atoms with Crippen LogP contribution in [0.5, 0.6) is 11.5 Å². The van der Waals surface area contributed by atoms with E-state index in [1.807, 2.05) is 12.1 Å². The molecule has 0 heterocycles. The van der Waals surface area contributed by atoms with Crippen LogP contribution in [0.15, 0.2) is 42.5 Å². The average molecular weight is 284 g/mol. The van der Waals surface area contributed by atoms with Crippen molar-refractivity contribution in [1.29, 1.82) is 5.26 Å². The molecule has 2 rings (SSSR count). The third-order valence-corrected chi connectivity index (χ3v) is 2.96. The zero-order valence-electron chi connectivity index (χ0n) is 11.9. The van der Waals surface area contributed by atoms with Gasteiger partial charge in [0.15, 0.2) is 0 Å². The Bertz CT molecular complexity index is 632. The highest BCUT2D eigenvalue weighted by atomic mass is 19.1. The Morgan fingerprint density at radius 2 is 1.95 bits per heavy atom. The second-order valence-electron chi connectivity index (χ2n) is 4.68. The molecular formula is C17H17FN2O. The lowest BCUT2D eigenvalue weighted by molar-refractivity contribution is 0.478. The summed E-state index contributed by atoms with van der Waals surface area (Å²) in [5.74, 6) is 0.660. The smallest absolute Gasteiger partial charge is 0.145 e. The summed E-state index contributed by atoms with van der Waals surface area (Å²) in [5.41, 5.74) is 1.50. The lowest BCUT2D eigenvalue weighted by Gasteiger charge is -2.09. The summed E-state index contributed by atoms with van der Waals surface area (Å²) >= 11 is 0. The molecule has 0 unspecified atom stereocenters. The first kappa shape index (κ1) is 15.0. The first-order valence-corrected chi connectivity index (χ1v) is 6.90. The highest BCUT2D eigenvalue weighted by Crippen LogP contribution is 2.26. The van der Waals surface area contributed by atoms with Crippen molar-refractivity contribution < 1.29 is 9.13 Å². The highest BCUT2D eigenvalue weighted by molar-refractivity contribution is 5.47. The molecule has 21 heavy (non-hydrogen) atoms. The van der Waals surface area contributed by atoms with Gasteiger partial charge >= 0.3 is 0 Å². The van der Waals surface area contributed by atoms with Crippen molar-refractivity contribution in [3.8, 4) is 17.6 Å². The Kier molecular flexibility index (Phi) is 5.30. The molecule has 0 aromatic heterocycles. The van der Waals surface area contributed by atoms with Crippen LogP contribution in [0.2, 0.25) is 0 Å². The highest BCUT2D eigenvalue weighted by Gasteiger charge is 2.06. The van der Waals surface area contributed by atoms with E-state index in [-0.39, 0.29) is 5.82 Å². The maximum Gasteiger partial charge on any atom is 0.145 e. The van der Waals surface area contributed by atoms with Crippen LogP contribution in [0.4, 0.5) is 4.39 Å². The van der Waals surface area contributed by atoms with Crippen molar-refractivity contribution >= 4 is 0 Å². The lowest BCUT2D eigenvalue weighted by Crippen LogP contribution is -2.13. The molecule has 2 aromatic carbocycles. The molecule has 4 heteroatoms. The van der Waals surface area contributed by atoms with E-state index in [1.54, 1.807) is 6.07 Å². The van der Waals surface area contributed by atoms with Crippen LogP contribution >= 0.6 is 0 Å². The fourth-order valence-corrected chi connectivity index (χ4v) is 1.90. The summed E-state index contributed by atoms with van der Waals surface area (Å²) in [4.78, 5) is 0. The molecule has 0 saturated carbocycles. The van der Waals surface area contributed by atoms with Crippen molar-refractivity contribution in [1.82, 2.24) is 5.32 Å². The standard InChI is InChI=1S/C17H17FN2O/c1-2-9-20-12-13-3-8-17(14(10-13)11-19)21-16-6-4-15(18)5-7-16/h3-8,10,20H,2,9,12H2,1H3. The molecule has 0 amide bonds. The number of nitrogens with one attached hydrogen (secondary N) is 1. The number of hydrogen-bond acceptors (Lipinski definition) is 3. The number of benzene rings is 2. The van der Waals surface area contributed by atoms with Crippen LogP contribution in [-0.4, -0.2) is 6.54 Å². The van der Waals surface area contributed by atoms with Crippen molar-refractivity contribution in [2.24, 2.45) is 0 Å². The SMILES string of the molecule is CCCNCc1ccc(Oc2ccc(F)cc2)c(C#N)c1. The number of nitrogens with zero attached hydrogens (tertiary/aromatic N) is 1. The summed E-state index contributed by atoms with van der Waals surface area (Å²) in [6, 6.07) is 13.3. The fraction of sp³-hybridized carbons (Fsp3) is 0.235. The van der Waals surface area contributed by atoms with Gasteiger partial charge in [0.05, 0.1) is 5.56 Å². The molecule has 0 aliphatic carbocycles. The van der Waals surface area contributed by atoms with E-state index in [0.717, 1.165) is 25.1 Å². The van der Waals surface area contributed by atoms with Crippen LogP contribution in [0.1, 0.15) is 24.5 Å². The Balaban J connectivity index is 2.12. The molecule has 108 valence electrons. The largest absolute Gasteiger partial charge is 0.456 e. The minimum Gasteiger partial charge on any atom is -0.456 e. The second-order valence-corrected chi connectivity index (χ2v) is 4.68. The molecule has 0 atom stereocenters. The third-order valence-electron chi connectivity index (χ3n) is 2.96. The first-order chi connectivity index (χ1) is 10.2. The molecule has 0 aliphatic rings. The number of nitriles is 1. The molecule has 0 radical (unpaired) electrons. The summed E-state index contributed by atoms with van der Waals surface area (Å²) in [6.07, 6.45) is 1.07. The van der Waals surface area contributed by atoms with Crippen LogP contribution in [-0.2, 0) is 6.54 Å². The summed E-state index contributed by atoms with van der Waals surface area (Å²) < 4.78 is 18.5. The molecule has 1 N–H and O–H groups in total. The van der Waals surface area contributed by atoms with Crippen LogP contribution in [0.25, 0.3) is 0 Å². The van der Waals surface area contributed by atoms with Gasteiger partial charge in [0.2, 0.25) is 0 Å². The van der Waals surface area contributed by atoms with Gasteiger partial charge in [-0.3, -0.25) is 0 Å². The first-order valence-electron chi connectivity index (χ1n) is 6.90. The number of halogens is 1. The second kappa shape index (κ2) is 7.41. The summed E-state index contributed by atoms with van der Waals surface area (Å²) in [5, 5.41) is 12.5. The van der Waals surface area contributed by atoms with Crippen molar-refractivity contribution in [3.05, 3.63) is 59.4 Å². The Morgan fingerprint density at radius 1 is 1.19 bits per heavy atom. The van der Waals surface area contributed by atoms with Crippen LogP contribution < -0.4 is 10.1 Å². The zero-order chi connectivity index (χ0) is 15.1. The molecule has 0 fully saturated rings. The molecule has 3 nitrogen and oxygen atoms in total. The maximum absolute atomic E-state index is 12.9. The lowest BCUT2D eigenvalue weighted by atomic mass is 10.1. The quantitative estimate of drug-likeness (QED) is 0.816. The van der Waals surface area contributed by atoms with Gasteiger partial charge in [-0.2, -0.15) is 5.26 Å². The topological polar surface area (TPSA) is 45.0 Å². The molecule has 0 spiro atoms. The van der Waals surface area contributed by atoms with Gasteiger partial charge in [-0.05, 0) is 54.9 Å². The maximum atomic E-state index is 12.9. The minimum atomic E-state index is -0.319. The van der Waals surface area contributed by atoms with Gasteiger partial charge in [0, 0.05) is 6.54 Å². The van der Waals surface area contributed by atoms with Crippen molar-refractivity contribution in [2.45, 2.75) is 19.9 Å². The monoisotopic (exact) mass is 284 g/mol. The molecular weight excluding hydrogens is 267 g/mol. The minimum absolute atomic E-state index is 0.319. The fourth-order valence-electron chi connectivity index (χ4n) is 1.90. The van der Waals surface area contributed by atoms with E-state index in [0.29, 0.717) is 17.1 Å². The number of ether oxygens (including phenoxy) is 1. The molecule has 2 aromatic rings. The normalized spacial score (nSPS) is 10.1. The Hall–Kier alpha value is -2.38. The van der Waals surface area contributed by atoms with E-state index in [9.17, 15) is 9.65 Å². The van der Waals surface area contributed by atoms with E-state index in [4.69, 9.17) is 4.74 Å². The van der Waals surface area contributed by atoms with Crippen molar-refractivity contribution in [3.63, 3.8) is 0 Å². The van der Waals surface area contributed by atoms with Gasteiger partial charge in [-0.15, -0.1) is 0 Å². The van der Waals surface area contributed by atoms with Gasteiger partial charge in [0.1, 0.15) is 23.4 Å². The number of rotatable bonds is 6. The van der Waals surface area contributed by atoms with Gasteiger partial charge < -0.3 is 10.1 Å². The van der Waals surface area contributed by atoms with Crippen LogP contribution in [0, 0.1) is 17.1 Å². The van der Waals surface area contributed by atoms with E-state index in [1.165, 1.54) is 24.3 Å². The zero-order valence-corrected chi connectivity index (χ0v) is 11.9. The van der Waals surface area contributed by atoms with Crippen molar-refractivity contribution in [2.75, 3.05) is 6.54 Å². The molecule has 0 saturated heterocycles. The van der Waals surface area contributed by atoms with E-state index < -0.39 is 0 Å². The summed E-state index contributed by atoms with van der Waals surface area (Å²) in [7, 11) is 0. The number of hydrogen-bond donors (Lipinski definition) is 1. The van der Waals surface area contributed by atoms with Gasteiger partial charge in [-0.1, -0.05) is 13.0 Å². The molecule has 0 bridgehead atoms. The third kappa shape index (κ3) is 4.30. The average Bonchev–Trinajstić information content (AvgIpc) is 2.51. The Labute approximate surface area is 124 Å². The van der Waals surface area contributed by atoms with Gasteiger partial charge in [-0.25, -0.2) is 4.39 Å². The predicted octanol–water partition coefficient (Wildman–Crippen LogP) is 3.99. The van der Waals surface area contributed by atoms with Crippen LogP contribution in [0.3, 0.4) is 0 Å². The van der Waals surface area contributed by atoms with E-state index >= 15 is 0 Å². The van der Waals surface area contributed by atoms with Gasteiger partial charge in [0.25, 0.3) is 0 Å². The van der Waals surface area contributed by atoms with E-state index in [2.05, 4.69) is 18.3 Å². The summed E-state index contributed by atoms with van der Waals surface area (Å²) in [6.45, 7) is 3.77.